The largest absolute Gasteiger partial charge is 0.325 e. The van der Waals surface area contributed by atoms with Crippen LogP contribution in [0.2, 0.25) is 10.0 Å². The molecule has 0 aromatic heterocycles. The topological polar surface area (TPSA) is 41.1 Å². The highest BCUT2D eigenvalue weighted by Crippen LogP contribution is 2.28. The third kappa shape index (κ3) is 4.67. The number of halogens is 3. The highest BCUT2D eigenvalue weighted by molar-refractivity contribution is 6.35. The van der Waals surface area contributed by atoms with Crippen LogP contribution in [0.1, 0.15) is 25.5 Å². The van der Waals surface area contributed by atoms with E-state index < -0.39 is 11.9 Å². The molecule has 3 nitrogen and oxygen atoms in total. The van der Waals surface area contributed by atoms with Gasteiger partial charge in [-0.15, -0.1) is 0 Å². The van der Waals surface area contributed by atoms with E-state index in [2.05, 4.69) is 10.6 Å². The lowest BCUT2D eigenvalue weighted by Crippen LogP contribution is -2.39. The fraction of sp³-hybridized carbons (Fsp3) is 0.235. The predicted molar refractivity (Wildman–Crippen MR) is 92.5 cm³/mol. The first kappa shape index (κ1) is 17.7. The summed E-state index contributed by atoms with van der Waals surface area (Å²) in [4.78, 5) is 12.2. The summed E-state index contributed by atoms with van der Waals surface area (Å²) < 4.78 is 13.6. The lowest BCUT2D eigenvalue weighted by Gasteiger charge is -2.21. The van der Waals surface area contributed by atoms with Crippen molar-refractivity contribution in [3.05, 3.63) is 63.9 Å². The molecule has 2 aromatic rings. The molecule has 2 N–H and O–H groups in total. The van der Waals surface area contributed by atoms with E-state index in [0.717, 1.165) is 5.69 Å². The van der Waals surface area contributed by atoms with Crippen molar-refractivity contribution in [2.45, 2.75) is 25.9 Å². The number of carbonyl (C=O) groups excluding carboxylic acids is 1. The molecule has 0 aliphatic heterocycles. The van der Waals surface area contributed by atoms with Gasteiger partial charge in [0, 0.05) is 16.8 Å². The van der Waals surface area contributed by atoms with Gasteiger partial charge in [0.1, 0.15) is 5.82 Å². The molecule has 122 valence electrons. The Hall–Kier alpha value is -1.62. The summed E-state index contributed by atoms with van der Waals surface area (Å²) in [5.74, 6) is -0.727. The Balaban J connectivity index is 2.03. The number of para-hydroxylation sites is 1. The van der Waals surface area contributed by atoms with Gasteiger partial charge in [-0.2, -0.15) is 0 Å². The third-order valence-electron chi connectivity index (χ3n) is 3.44. The zero-order valence-electron chi connectivity index (χ0n) is 12.7. The first-order chi connectivity index (χ1) is 10.9. The Morgan fingerprint density at radius 3 is 2.39 bits per heavy atom. The summed E-state index contributed by atoms with van der Waals surface area (Å²) in [7, 11) is 0. The van der Waals surface area contributed by atoms with Gasteiger partial charge in [-0.25, -0.2) is 4.39 Å². The molecular weight excluding hydrogens is 338 g/mol. The van der Waals surface area contributed by atoms with E-state index in [1.165, 1.54) is 12.1 Å². The molecule has 0 saturated carbocycles. The van der Waals surface area contributed by atoms with Gasteiger partial charge in [0.05, 0.1) is 11.1 Å². The number of anilines is 1. The van der Waals surface area contributed by atoms with Crippen molar-refractivity contribution in [1.29, 1.82) is 0 Å². The van der Waals surface area contributed by atoms with Crippen molar-refractivity contribution >= 4 is 34.8 Å². The Bertz CT molecular complexity index is 694. The van der Waals surface area contributed by atoms with Crippen molar-refractivity contribution < 1.29 is 9.18 Å². The molecule has 23 heavy (non-hydrogen) atoms. The number of hydrogen-bond acceptors (Lipinski definition) is 2. The van der Waals surface area contributed by atoms with E-state index in [1.807, 2.05) is 18.2 Å². The number of benzene rings is 2. The highest BCUT2D eigenvalue weighted by Gasteiger charge is 2.19. The zero-order chi connectivity index (χ0) is 17.0. The Morgan fingerprint density at radius 2 is 1.74 bits per heavy atom. The van der Waals surface area contributed by atoms with E-state index in [-0.39, 0.29) is 17.0 Å². The fourth-order valence-electron chi connectivity index (χ4n) is 2.18. The van der Waals surface area contributed by atoms with Crippen molar-refractivity contribution in [2.24, 2.45) is 0 Å². The van der Waals surface area contributed by atoms with Crippen LogP contribution >= 0.6 is 23.2 Å². The maximum absolute atomic E-state index is 13.6. The fourth-order valence-corrected chi connectivity index (χ4v) is 2.73. The van der Waals surface area contributed by atoms with Gasteiger partial charge in [0.2, 0.25) is 5.91 Å². The molecule has 0 aliphatic rings. The monoisotopic (exact) mass is 354 g/mol. The molecule has 0 unspecified atom stereocenters. The molecule has 2 atom stereocenters. The number of carbonyl (C=O) groups is 1. The van der Waals surface area contributed by atoms with Gasteiger partial charge in [0.25, 0.3) is 0 Å². The van der Waals surface area contributed by atoms with E-state index in [1.54, 1.807) is 26.0 Å². The molecule has 0 aliphatic carbocycles. The van der Waals surface area contributed by atoms with E-state index in [9.17, 15) is 9.18 Å². The molecule has 0 heterocycles. The Morgan fingerprint density at radius 1 is 1.09 bits per heavy atom. The van der Waals surface area contributed by atoms with Gasteiger partial charge < -0.3 is 5.32 Å². The maximum atomic E-state index is 13.6. The molecule has 0 spiro atoms. The summed E-state index contributed by atoms with van der Waals surface area (Å²) in [5, 5.41) is 6.23. The molecule has 1 amide bonds. The van der Waals surface area contributed by atoms with Crippen molar-refractivity contribution in [1.82, 2.24) is 5.32 Å². The van der Waals surface area contributed by atoms with Crippen LogP contribution in [0.3, 0.4) is 0 Å². The second-order valence-corrected chi connectivity index (χ2v) is 6.07. The Kier molecular flexibility index (Phi) is 5.99. The average molecular weight is 355 g/mol. The highest BCUT2D eigenvalue weighted by atomic mass is 35.5. The van der Waals surface area contributed by atoms with Crippen molar-refractivity contribution in [3.63, 3.8) is 0 Å². The van der Waals surface area contributed by atoms with E-state index >= 15 is 0 Å². The van der Waals surface area contributed by atoms with Crippen LogP contribution in [0.5, 0.6) is 0 Å². The first-order valence-corrected chi connectivity index (χ1v) is 7.90. The predicted octanol–water partition coefficient (Wildman–Crippen LogP) is 4.81. The van der Waals surface area contributed by atoms with Crippen LogP contribution in [-0.2, 0) is 4.79 Å². The summed E-state index contributed by atoms with van der Waals surface area (Å²) in [6, 6.07) is 11.0. The minimum absolute atomic E-state index is 0.0270. The summed E-state index contributed by atoms with van der Waals surface area (Å²) >= 11 is 11.8. The first-order valence-electron chi connectivity index (χ1n) is 7.15. The van der Waals surface area contributed by atoms with Gasteiger partial charge in [-0.05, 0) is 43.7 Å². The molecule has 2 aromatic carbocycles. The van der Waals surface area contributed by atoms with Crippen molar-refractivity contribution in [3.8, 4) is 0 Å². The molecule has 2 rings (SSSR count). The molecule has 0 saturated heterocycles. The second kappa shape index (κ2) is 7.77. The zero-order valence-corrected chi connectivity index (χ0v) is 14.3. The minimum Gasteiger partial charge on any atom is -0.325 e. The molecular formula is C17H17Cl2FN2O. The lowest BCUT2D eigenvalue weighted by atomic mass is 10.1. The number of nitrogens with one attached hydrogen (secondary N) is 2. The standard InChI is InChI=1S/C17H17Cl2FN2O/c1-10(13-8-16(20)15(19)9-14(13)18)21-11(2)17(23)22-12-6-4-3-5-7-12/h3-11,21H,1-2H3,(H,22,23)/t10-,11+/m0/s1. The van der Waals surface area contributed by atoms with E-state index in [4.69, 9.17) is 23.2 Å². The van der Waals surface area contributed by atoms with Crippen LogP contribution in [0.25, 0.3) is 0 Å². The smallest absolute Gasteiger partial charge is 0.241 e. The normalized spacial score (nSPS) is 13.4. The van der Waals surface area contributed by atoms with E-state index in [0.29, 0.717) is 10.6 Å². The maximum Gasteiger partial charge on any atom is 0.241 e. The number of amides is 1. The summed E-state index contributed by atoms with van der Waals surface area (Å²) in [5.41, 5.74) is 1.27. The van der Waals surface area contributed by atoms with Gasteiger partial charge >= 0.3 is 0 Å². The SMILES string of the molecule is C[C@H](N[C@H](C)C(=O)Nc1ccccc1)c1cc(F)c(Cl)cc1Cl. The average Bonchev–Trinajstić information content (AvgIpc) is 2.51. The minimum atomic E-state index is -0.541. The van der Waals surface area contributed by atoms with Crippen LogP contribution < -0.4 is 10.6 Å². The molecule has 0 fully saturated rings. The Labute approximate surface area is 144 Å². The van der Waals surface area contributed by atoms with Crippen LogP contribution in [0.4, 0.5) is 10.1 Å². The third-order valence-corrected chi connectivity index (χ3v) is 4.06. The lowest BCUT2D eigenvalue weighted by molar-refractivity contribution is -0.117. The molecule has 6 heteroatoms. The van der Waals surface area contributed by atoms with Gasteiger partial charge in [0.15, 0.2) is 0 Å². The van der Waals surface area contributed by atoms with Crippen LogP contribution in [0, 0.1) is 5.82 Å². The molecule has 0 bridgehead atoms. The summed E-state index contributed by atoms with van der Waals surface area (Å²) in [6.07, 6.45) is 0. The second-order valence-electron chi connectivity index (χ2n) is 5.25. The van der Waals surface area contributed by atoms with Gasteiger partial charge in [-0.1, -0.05) is 41.4 Å². The quantitative estimate of drug-likeness (QED) is 0.756. The van der Waals surface area contributed by atoms with Crippen LogP contribution in [0.15, 0.2) is 42.5 Å². The number of hydrogen-bond donors (Lipinski definition) is 2. The molecule has 0 radical (unpaired) electrons. The van der Waals surface area contributed by atoms with Crippen molar-refractivity contribution in [2.75, 3.05) is 5.32 Å². The summed E-state index contributed by atoms with van der Waals surface area (Å²) in [6.45, 7) is 3.54. The number of rotatable bonds is 5. The van der Waals surface area contributed by atoms with Gasteiger partial charge in [-0.3, -0.25) is 10.1 Å². The van der Waals surface area contributed by atoms with Crippen LogP contribution in [-0.4, -0.2) is 11.9 Å².